The van der Waals surface area contributed by atoms with Crippen molar-refractivity contribution in [3.05, 3.63) is 42.5 Å². The maximum Gasteiger partial charge on any atom is 0.122 e. The predicted octanol–water partition coefficient (Wildman–Crippen LogP) is -0.873. The van der Waals surface area contributed by atoms with Crippen molar-refractivity contribution in [1.29, 1.82) is 0 Å². The van der Waals surface area contributed by atoms with Gasteiger partial charge in [0.05, 0.1) is 13.2 Å². The highest BCUT2D eigenvalue weighted by Crippen LogP contribution is 2.19. The van der Waals surface area contributed by atoms with Gasteiger partial charge in [-0.05, 0) is 18.1 Å². The molecule has 0 bridgehead atoms. The van der Waals surface area contributed by atoms with E-state index in [2.05, 4.69) is 11.5 Å². The van der Waals surface area contributed by atoms with E-state index in [0.29, 0.717) is 13.2 Å². The lowest BCUT2D eigenvalue weighted by Crippen LogP contribution is -3.00. The van der Waals surface area contributed by atoms with Crippen molar-refractivity contribution in [3.8, 4) is 5.75 Å². The highest BCUT2D eigenvalue weighted by Gasteiger charge is 2.15. The molecule has 1 saturated heterocycles. The number of aliphatic hydroxyl groups is 1. The van der Waals surface area contributed by atoms with Gasteiger partial charge in [-0.3, -0.25) is 4.90 Å². The largest absolute Gasteiger partial charge is 1.00 e. The molecular formula is C17H27ClNO3-. The molecule has 1 atom stereocenters. The Morgan fingerprint density at radius 3 is 2.68 bits per heavy atom. The summed E-state index contributed by atoms with van der Waals surface area (Å²) in [5, 5.41) is 10.1. The third-order valence-electron chi connectivity index (χ3n) is 3.34. The number of aliphatic hydroxyl groups excluding tert-OH is 1. The number of hydrogen-bond donors (Lipinski definition) is 1. The van der Waals surface area contributed by atoms with Gasteiger partial charge in [0.1, 0.15) is 18.5 Å². The fraction of sp³-hybridized carbons (Fsp3) is 0.529. The molecule has 4 nitrogen and oxygen atoms in total. The average molecular weight is 329 g/mol. The lowest BCUT2D eigenvalue weighted by atomic mass is 10.1. The van der Waals surface area contributed by atoms with Crippen molar-refractivity contribution in [2.75, 3.05) is 39.5 Å². The van der Waals surface area contributed by atoms with Gasteiger partial charge in [0.25, 0.3) is 0 Å². The SMILES string of the molecule is C.C=CCc1ccccc1OCC(O)CN1CCOCC1.[Cl-]. The number of ether oxygens (including phenoxy) is 2. The summed E-state index contributed by atoms with van der Waals surface area (Å²) in [5.74, 6) is 0.827. The van der Waals surface area contributed by atoms with E-state index in [0.717, 1.165) is 44.0 Å². The number of hydrogen-bond acceptors (Lipinski definition) is 4. The molecule has 1 fully saturated rings. The maximum atomic E-state index is 10.1. The van der Waals surface area contributed by atoms with E-state index in [9.17, 15) is 5.11 Å². The van der Waals surface area contributed by atoms with Crippen LogP contribution in [0.3, 0.4) is 0 Å². The quantitative estimate of drug-likeness (QED) is 0.661. The van der Waals surface area contributed by atoms with Crippen LogP contribution in [0, 0.1) is 0 Å². The lowest BCUT2D eigenvalue weighted by molar-refractivity contribution is -0.0000349. The van der Waals surface area contributed by atoms with E-state index in [4.69, 9.17) is 9.47 Å². The van der Waals surface area contributed by atoms with Crippen molar-refractivity contribution in [3.63, 3.8) is 0 Å². The third kappa shape index (κ3) is 6.79. The van der Waals surface area contributed by atoms with E-state index in [1.165, 1.54) is 0 Å². The number of allylic oxidation sites excluding steroid dienone is 1. The third-order valence-corrected chi connectivity index (χ3v) is 3.34. The normalized spacial score (nSPS) is 16.0. The van der Waals surface area contributed by atoms with E-state index < -0.39 is 6.10 Å². The molecule has 0 aromatic heterocycles. The number of rotatable bonds is 7. The number of nitrogens with zero attached hydrogens (tertiary/aromatic N) is 1. The van der Waals surface area contributed by atoms with Gasteiger partial charge in [-0.15, -0.1) is 6.58 Å². The first-order valence-corrected chi connectivity index (χ1v) is 7.09. The smallest absolute Gasteiger partial charge is 0.122 e. The highest BCUT2D eigenvalue weighted by atomic mass is 35.5. The number of para-hydroxylation sites is 1. The van der Waals surface area contributed by atoms with E-state index in [1.54, 1.807) is 0 Å². The van der Waals surface area contributed by atoms with Gasteiger partial charge in [0.15, 0.2) is 0 Å². The Labute approximate surface area is 140 Å². The van der Waals surface area contributed by atoms with Gasteiger partial charge in [-0.1, -0.05) is 31.7 Å². The van der Waals surface area contributed by atoms with E-state index in [-0.39, 0.29) is 19.8 Å². The molecule has 1 aromatic rings. The standard InChI is InChI=1S/C16H23NO3.CH4.ClH/c1-2-5-14-6-3-4-7-16(14)20-13-15(18)12-17-8-10-19-11-9-17;;/h2-4,6-7,15,18H,1,5,8-13H2;1H4;1H/p-1. The second kappa shape index (κ2) is 11.5. The Morgan fingerprint density at radius 2 is 2.00 bits per heavy atom. The first-order chi connectivity index (χ1) is 9.79. The van der Waals surface area contributed by atoms with Crippen LogP contribution in [0.25, 0.3) is 0 Å². The summed E-state index contributed by atoms with van der Waals surface area (Å²) in [7, 11) is 0. The zero-order valence-corrected chi connectivity index (χ0v) is 13.0. The molecule has 2 rings (SSSR count). The minimum atomic E-state index is -0.482. The number of morpholine rings is 1. The van der Waals surface area contributed by atoms with Crippen LogP contribution in [-0.2, 0) is 11.2 Å². The molecule has 0 spiro atoms. The van der Waals surface area contributed by atoms with Gasteiger partial charge < -0.3 is 27.0 Å². The van der Waals surface area contributed by atoms with E-state index >= 15 is 0 Å². The average Bonchev–Trinajstić information content (AvgIpc) is 2.48. The summed E-state index contributed by atoms with van der Waals surface area (Å²) < 4.78 is 11.0. The molecule has 0 aliphatic carbocycles. The van der Waals surface area contributed by atoms with Gasteiger partial charge in [0.2, 0.25) is 0 Å². The van der Waals surface area contributed by atoms with Crippen LogP contribution in [0.5, 0.6) is 5.75 Å². The van der Waals surface area contributed by atoms with Crippen LogP contribution >= 0.6 is 0 Å². The predicted molar refractivity (Wildman–Crippen MR) is 85.8 cm³/mol. The molecule has 5 heteroatoms. The molecule has 1 unspecified atom stereocenters. The zero-order chi connectivity index (χ0) is 14.2. The minimum Gasteiger partial charge on any atom is -1.00 e. The first kappa shape index (κ1) is 20.9. The van der Waals surface area contributed by atoms with Crippen LogP contribution < -0.4 is 17.1 Å². The number of benzene rings is 1. The summed E-state index contributed by atoms with van der Waals surface area (Å²) in [5.41, 5.74) is 1.10. The highest BCUT2D eigenvalue weighted by molar-refractivity contribution is 5.34. The summed E-state index contributed by atoms with van der Waals surface area (Å²) in [6.45, 7) is 7.94. The van der Waals surface area contributed by atoms with Crippen LogP contribution in [0.1, 0.15) is 13.0 Å². The summed E-state index contributed by atoms with van der Waals surface area (Å²) in [4.78, 5) is 2.20. The van der Waals surface area contributed by atoms with Crippen molar-refractivity contribution in [2.24, 2.45) is 0 Å². The zero-order valence-electron chi connectivity index (χ0n) is 12.2. The fourth-order valence-electron chi connectivity index (χ4n) is 2.29. The van der Waals surface area contributed by atoms with E-state index in [1.807, 2.05) is 30.3 Å². The molecular weight excluding hydrogens is 302 g/mol. The Hall–Kier alpha value is -1.07. The molecule has 1 aromatic carbocycles. The molecule has 0 saturated carbocycles. The second-order valence-corrected chi connectivity index (χ2v) is 4.98. The topological polar surface area (TPSA) is 41.9 Å². The van der Waals surface area contributed by atoms with Crippen LogP contribution in [0.4, 0.5) is 0 Å². The van der Waals surface area contributed by atoms with Crippen molar-refractivity contribution in [2.45, 2.75) is 20.0 Å². The van der Waals surface area contributed by atoms with Gasteiger partial charge >= 0.3 is 0 Å². The fourth-order valence-corrected chi connectivity index (χ4v) is 2.29. The lowest BCUT2D eigenvalue weighted by Gasteiger charge is -2.28. The van der Waals surface area contributed by atoms with Gasteiger partial charge in [0, 0.05) is 19.6 Å². The van der Waals surface area contributed by atoms with Gasteiger partial charge in [-0.25, -0.2) is 0 Å². The van der Waals surface area contributed by atoms with Crippen LogP contribution in [0.15, 0.2) is 36.9 Å². The first-order valence-electron chi connectivity index (χ1n) is 7.09. The molecule has 1 heterocycles. The number of halogens is 1. The molecule has 1 aliphatic heterocycles. The minimum absolute atomic E-state index is 0. The monoisotopic (exact) mass is 328 g/mol. The number of β-amino-alcohol motifs (C(OH)–C–C–N with tert-alkyl or cyclic N) is 1. The Morgan fingerprint density at radius 1 is 1.32 bits per heavy atom. The summed E-state index contributed by atoms with van der Waals surface area (Å²) >= 11 is 0. The molecule has 0 amide bonds. The van der Waals surface area contributed by atoms with Crippen molar-refractivity contribution in [1.82, 2.24) is 4.90 Å². The van der Waals surface area contributed by atoms with Crippen molar-refractivity contribution < 1.29 is 27.0 Å². The maximum absolute atomic E-state index is 10.1. The molecule has 22 heavy (non-hydrogen) atoms. The second-order valence-electron chi connectivity index (χ2n) is 4.98. The van der Waals surface area contributed by atoms with Gasteiger partial charge in [-0.2, -0.15) is 0 Å². The molecule has 126 valence electrons. The molecule has 0 radical (unpaired) electrons. The van der Waals surface area contributed by atoms with Crippen molar-refractivity contribution >= 4 is 0 Å². The van der Waals surface area contributed by atoms with Crippen LogP contribution in [-0.4, -0.2) is 55.6 Å². The molecule has 1 aliphatic rings. The van der Waals surface area contributed by atoms with Crippen LogP contribution in [0.2, 0.25) is 0 Å². The summed E-state index contributed by atoms with van der Waals surface area (Å²) in [6.07, 6.45) is 2.15. The molecule has 1 N–H and O–H groups in total. The summed E-state index contributed by atoms with van der Waals surface area (Å²) in [6, 6.07) is 7.87. The Bertz CT molecular complexity index is 422. The Balaban J connectivity index is 0.00000220. The Kier molecular flexibility index (Phi) is 10.9.